The summed E-state index contributed by atoms with van der Waals surface area (Å²) in [4.78, 5) is 10.5. The molecule has 11 aromatic rings. The molecule has 4 heteroatoms. The highest BCUT2D eigenvalue weighted by atomic mass is 15.1. The van der Waals surface area contributed by atoms with Crippen molar-refractivity contribution in [3.63, 3.8) is 0 Å². The minimum absolute atomic E-state index is 0.824. The van der Waals surface area contributed by atoms with Crippen LogP contribution in [-0.4, -0.2) is 19.1 Å². The Morgan fingerprint density at radius 3 is 1.37 bits per heavy atom. The molecule has 11 rings (SSSR count). The molecule has 0 aliphatic heterocycles. The monoisotopic (exact) mass is 688 g/mol. The molecular formula is C50H32N4. The van der Waals surface area contributed by atoms with E-state index in [1.54, 1.807) is 0 Å². The van der Waals surface area contributed by atoms with E-state index in [2.05, 4.69) is 173 Å². The molecule has 0 aliphatic rings. The molecule has 54 heavy (non-hydrogen) atoms. The van der Waals surface area contributed by atoms with Gasteiger partial charge in [-0.15, -0.1) is 0 Å². The van der Waals surface area contributed by atoms with Crippen LogP contribution in [0.15, 0.2) is 194 Å². The summed E-state index contributed by atoms with van der Waals surface area (Å²) >= 11 is 0. The molecule has 0 bridgehead atoms. The van der Waals surface area contributed by atoms with Gasteiger partial charge in [0.25, 0.3) is 0 Å². The van der Waals surface area contributed by atoms with Crippen LogP contribution in [0.25, 0.3) is 99.7 Å². The van der Waals surface area contributed by atoms with Gasteiger partial charge in [0.2, 0.25) is 0 Å². The normalized spacial score (nSPS) is 11.7. The van der Waals surface area contributed by atoms with E-state index in [4.69, 9.17) is 9.97 Å². The highest BCUT2D eigenvalue weighted by Crippen LogP contribution is 2.39. The van der Waals surface area contributed by atoms with Crippen molar-refractivity contribution in [3.05, 3.63) is 194 Å². The molecule has 0 amide bonds. The Hall–Kier alpha value is -7.30. The van der Waals surface area contributed by atoms with Crippen LogP contribution in [0.4, 0.5) is 0 Å². The van der Waals surface area contributed by atoms with Crippen LogP contribution in [0.1, 0.15) is 0 Å². The number of rotatable bonds is 5. The number of aromatic nitrogens is 4. The van der Waals surface area contributed by atoms with Crippen LogP contribution >= 0.6 is 0 Å². The van der Waals surface area contributed by atoms with Crippen LogP contribution in [-0.2, 0) is 0 Å². The van der Waals surface area contributed by atoms with E-state index < -0.39 is 0 Å². The Balaban J connectivity index is 1.08. The van der Waals surface area contributed by atoms with Crippen LogP contribution in [0.2, 0.25) is 0 Å². The van der Waals surface area contributed by atoms with Crippen molar-refractivity contribution in [1.29, 1.82) is 0 Å². The first-order chi connectivity index (χ1) is 26.8. The molecule has 8 aromatic carbocycles. The predicted octanol–water partition coefficient (Wildman–Crippen LogP) is 12.8. The molecule has 4 nitrogen and oxygen atoms in total. The Bertz CT molecular complexity index is 3190. The fraction of sp³-hybridized carbons (Fsp3) is 0. The van der Waals surface area contributed by atoms with Crippen molar-refractivity contribution in [2.45, 2.75) is 0 Å². The molecule has 252 valence electrons. The lowest BCUT2D eigenvalue weighted by Crippen LogP contribution is -2.03. The van der Waals surface area contributed by atoms with E-state index in [1.165, 1.54) is 54.8 Å². The number of para-hydroxylation sites is 4. The lowest BCUT2D eigenvalue weighted by Gasteiger charge is -2.14. The summed E-state index contributed by atoms with van der Waals surface area (Å²) in [7, 11) is 0. The second-order valence-corrected chi connectivity index (χ2v) is 13.8. The molecule has 0 N–H and O–H groups in total. The number of nitrogens with zero attached hydrogens (tertiary/aromatic N) is 4. The number of fused-ring (bicyclic) bond motifs is 7. The van der Waals surface area contributed by atoms with Gasteiger partial charge >= 0.3 is 0 Å². The van der Waals surface area contributed by atoms with Gasteiger partial charge in [0, 0.05) is 32.8 Å². The quantitative estimate of drug-likeness (QED) is 0.180. The van der Waals surface area contributed by atoms with E-state index in [9.17, 15) is 0 Å². The van der Waals surface area contributed by atoms with Crippen molar-refractivity contribution in [2.75, 3.05) is 0 Å². The van der Waals surface area contributed by atoms with Gasteiger partial charge in [-0.1, -0.05) is 133 Å². The smallest absolute Gasteiger partial charge is 0.165 e. The molecule has 3 heterocycles. The number of hydrogen-bond donors (Lipinski definition) is 0. The highest BCUT2D eigenvalue weighted by molar-refractivity contribution is 6.13. The summed E-state index contributed by atoms with van der Waals surface area (Å²) in [6, 6.07) is 69.0. The number of hydrogen-bond acceptors (Lipinski definition) is 2. The maximum absolute atomic E-state index is 5.28. The predicted molar refractivity (Wildman–Crippen MR) is 225 cm³/mol. The van der Waals surface area contributed by atoms with Crippen LogP contribution in [0, 0.1) is 0 Å². The molecule has 0 radical (unpaired) electrons. The average molecular weight is 689 g/mol. The van der Waals surface area contributed by atoms with E-state index in [0.717, 1.165) is 44.8 Å². The Labute approximate surface area is 311 Å². The molecule has 0 saturated carbocycles. The van der Waals surface area contributed by atoms with Gasteiger partial charge in [0.15, 0.2) is 5.82 Å². The van der Waals surface area contributed by atoms with Gasteiger partial charge in [0.05, 0.1) is 33.1 Å². The van der Waals surface area contributed by atoms with Gasteiger partial charge in [-0.25, -0.2) is 9.97 Å². The zero-order valence-electron chi connectivity index (χ0n) is 29.3. The molecule has 0 unspecified atom stereocenters. The van der Waals surface area contributed by atoms with Crippen LogP contribution in [0.5, 0.6) is 0 Å². The van der Waals surface area contributed by atoms with E-state index in [0.29, 0.717) is 0 Å². The zero-order chi connectivity index (χ0) is 35.6. The van der Waals surface area contributed by atoms with Gasteiger partial charge in [-0.3, -0.25) is 4.57 Å². The zero-order valence-corrected chi connectivity index (χ0v) is 29.3. The van der Waals surface area contributed by atoms with Crippen LogP contribution in [0.3, 0.4) is 0 Å². The minimum Gasteiger partial charge on any atom is -0.309 e. The largest absolute Gasteiger partial charge is 0.309 e. The first kappa shape index (κ1) is 30.3. The molecule has 0 aliphatic carbocycles. The SMILES string of the molecule is c1ccc(-c2ccc(-n3c4ccccc4c4cc(-c5ccc6c(c5)c5ccccc5n6-c5nc6ccccc6nc5-c5ccccc5)ccc43)cc2)cc1. The summed E-state index contributed by atoms with van der Waals surface area (Å²) in [5.41, 5.74) is 14.2. The Kier molecular flexibility index (Phi) is 6.82. The molecular weight excluding hydrogens is 657 g/mol. The maximum Gasteiger partial charge on any atom is 0.165 e. The van der Waals surface area contributed by atoms with E-state index in [-0.39, 0.29) is 0 Å². The van der Waals surface area contributed by atoms with Crippen molar-refractivity contribution in [2.24, 2.45) is 0 Å². The first-order valence-electron chi connectivity index (χ1n) is 18.3. The summed E-state index contributed by atoms with van der Waals surface area (Å²) in [6.07, 6.45) is 0. The summed E-state index contributed by atoms with van der Waals surface area (Å²) in [5.74, 6) is 0.824. The highest BCUT2D eigenvalue weighted by Gasteiger charge is 2.20. The van der Waals surface area contributed by atoms with Crippen molar-refractivity contribution >= 4 is 54.6 Å². The third kappa shape index (κ3) is 4.78. The van der Waals surface area contributed by atoms with E-state index in [1.807, 2.05) is 30.3 Å². The lowest BCUT2D eigenvalue weighted by atomic mass is 10.0. The Morgan fingerprint density at radius 1 is 0.296 bits per heavy atom. The molecule has 0 fully saturated rings. The second-order valence-electron chi connectivity index (χ2n) is 13.8. The third-order valence-electron chi connectivity index (χ3n) is 10.7. The second kappa shape index (κ2) is 12.1. The minimum atomic E-state index is 0.824. The van der Waals surface area contributed by atoms with Crippen molar-refractivity contribution in [1.82, 2.24) is 19.1 Å². The summed E-state index contributed by atoms with van der Waals surface area (Å²) < 4.78 is 4.67. The topological polar surface area (TPSA) is 35.6 Å². The lowest BCUT2D eigenvalue weighted by molar-refractivity contribution is 1.08. The average Bonchev–Trinajstić information content (AvgIpc) is 3.76. The van der Waals surface area contributed by atoms with Gasteiger partial charge in [0.1, 0.15) is 5.69 Å². The van der Waals surface area contributed by atoms with Crippen molar-refractivity contribution in [3.8, 4) is 45.0 Å². The van der Waals surface area contributed by atoms with Gasteiger partial charge < -0.3 is 4.57 Å². The van der Waals surface area contributed by atoms with Gasteiger partial charge in [-0.05, 0) is 82.9 Å². The molecule has 3 aromatic heterocycles. The fourth-order valence-corrected chi connectivity index (χ4v) is 8.18. The molecule has 0 saturated heterocycles. The third-order valence-corrected chi connectivity index (χ3v) is 10.7. The standard InChI is InChI=1S/C50H32N4/c1-3-13-33(14-4-1)34-23-27-38(28-24-34)53-45-21-11-7-17-39(45)41-31-36(25-29-47(41)53)37-26-30-48-42(32-37)40-18-8-12-22-46(40)54(48)50-49(35-15-5-2-6-16-35)51-43-19-9-10-20-44(43)52-50/h1-32H. The van der Waals surface area contributed by atoms with Crippen LogP contribution < -0.4 is 0 Å². The number of benzene rings is 8. The first-order valence-corrected chi connectivity index (χ1v) is 18.3. The summed E-state index contributed by atoms with van der Waals surface area (Å²) in [5, 5.41) is 4.83. The summed E-state index contributed by atoms with van der Waals surface area (Å²) in [6.45, 7) is 0. The fourth-order valence-electron chi connectivity index (χ4n) is 8.18. The maximum atomic E-state index is 5.28. The van der Waals surface area contributed by atoms with Gasteiger partial charge in [-0.2, -0.15) is 0 Å². The molecule has 0 spiro atoms. The Morgan fingerprint density at radius 2 is 0.741 bits per heavy atom. The molecule has 0 atom stereocenters. The van der Waals surface area contributed by atoms with Crippen molar-refractivity contribution < 1.29 is 0 Å². The van der Waals surface area contributed by atoms with E-state index >= 15 is 0 Å².